The van der Waals surface area contributed by atoms with Gasteiger partial charge in [0.15, 0.2) is 5.78 Å². The maximum atomic E-state index is 13.4. The number of likely N-dealkylation sites (tertiary alicyclic amines) is 1. The smallest absolute Gasteiger partial charge is 0.370 e. The van der Waals surface area contributed by atoms with Crippen molar-refractivity contribution in [3.8, 4) is 0 Å². The van der Waals surface area contributed by atoms with E-state index in [1.807, 2.05) is 0 Å². The van der Waals surface area contributed by atoms with E-state index in [0.29, 0.717) is 18.9 Å². The first-order chi connectivity index (χ1) is 8.16. The lowest BCUT2D eigenvalue weighted by Gasteiger charge is -2.35. The molecular formula is C11H14F5NO. The summed E-state index contributed by atoms with van der Waals surface area (Å²) in [6.45, 7) is 1.19. The highest BCUT2D eigenvalue weighted by Crippen LogP contribution is 2.42. The Morgan fingerprint density at radius 3 is 1.94 bits per heavy atom. The standard InChI is InChI=1S/C11H14F5NO/c1-8(18)7-9(10(12,13)11(14,15)16)17-5-3-2-4-6-17/h7H,2-6H2,1H3/b9-7+. The monoisotopic (exact) mass is 271 g/mol. The van der Waals surface area contributed by atoms with E-state index in [0.717, 1.165) is 18.2 Å². The molecule has 1 rings (SSSR count). The largest absolute Gasteiger partial charge is 0.459 e. The van der Waals surface area contributed by atoms with Crippen LogP contribution in [-0.2, 0) is 4.79 Å². The van der Waals surface area contributed by atoms with Crippen LogP contribution in [-0.4, -0.2) is 35.9 Å². The summed E-state index contributed by atoms with van der Waals surface area (Å²) in [6.07, 6.45) is -3.42. The van der Waals surface area contributed by atoms with Gasteiger partial charge in [-0.3, -0.25) is 4.79 Å². The second kappa shape index (κ2) is 5.24. The molecule has 0 unspecified atom stereocenters. The van der Waals surface area contributed by atoms with Gasteiger partial charge in [0.25, 0.3) is 0 Å². The summed E-state index contributed by atoms with van der Waals surface area (Å²) in [6, 6.07) is 0. The fourth-order valence-corrected chi connectivity index (χ4v) is 1.85. The van der Waals surface area contributed by atoms with Crippen molar-refractivity contribution in [1.29, 1.82) is 0 Å². The minimum Gasteiger partial charge on any atom is -0.370 e. The summed E-state index contributed by atoms with van der Waals surface area (Å²) in [5.74, 6) is -5.81. The molecule has 2 nitrogen and oxygen atoms in total. The summed E-state index contributed by atoms with van der Waals surface area (Å²) < 4.78 is 63.8. The van der Waals surface area contributed by atoms with Crippen molar-refractivity contribution < 1.29 is 26.7 Å². The van der Waals surface area contributed by atoms with E-state index in [-0.39, 0.29) is 13.1 Å². The van der Waals surface area contributed by atoms with Gasteiger partial charge in [-0.25, -0.2) is 0 Å². The van der Waals surface area contributed by atoms with Gasteiger partial charge in [-0.05, 0) is 26.2 Å². The first kappa shape index (κ1) is 14.9. The molecule has 0 aromatic carbocycles. The van der Waals surface area contributed by atoms with Crippen molar-refractivity contribution in [1.82, 2.24) is 4.90 Å². The third-order valence-electron chi connectivity index (χ3n) is 2.71. The number of hydrogen-bond donors (Lipinski definition) is 0. The lowest BCUT2D eigenvalue weighted by atomic mass is 10.1. The molecule has 0 atom stereocenters. The van der Waals surface area contributed by atoms with Crippen LogP contribution in [0.2, 0.25) is 0 Å². The molecule has 0 aliphatic carbocycles. The number of allylic oxidation sites excluding steroid dienone is 2. The minimum atomic E-state index is -5.69. The number of carbonyl (C=O) groups excluding carboxylic acids is 1. The number of carbonyl (C=O) groups is 1. The second-order valence-corrected chi connectivity index (χ2v) is 4.26. The van der Waals surface area contributed by atoms with Crippen LogP contribution < -0.4 is 0 Å². The molecule has 1 aliphatic heterocycles. The fraction of sp³-hybridized carbons (Fsp3) is 0.727. The van der Waals surface area contributed by atoms with Gasteiger partial charge >= 0.3 is 12.1 Å². The van der Waals surface area contributed by atoms with Gasteiger partial charge in [0.1, 0.15) is 0 Å². The summed E-state index contributed by atoms with van der Waals surface area (Å²) in [5.41, 5.74) is -1.23. The molecule has 7 heteroatoms. The number of rotatable bonds is 3. The molecule has 0 saturated carbocycles. The maximum Gasteiger partial charge on any atom is 0.459 e. The van der Waals surface area contributed by atoms with Crippen LogP contribution >= 0.6 is 0 Å². The molecule has 1 heterocycles. The van der Waals surface area contributed by atoms with Gasteiger partial charge in [-0.2, -0.15) is 22.0 Å². The van der Waals surface area contributed by atoms with Crippen molar-refractivity contribution in [3.05, 3.63) is 11.8 Å². The topological polar surface area (TPSA) is 20.3 Å². The third-order valence-corrected chi connectivity index (χ3v) is 2.71. The molecule has 1 fully saturated rings. The van der Waals surface area contributed by atoms with Gasteiger partial charge < -0.3 is 4.90 Å². The highest BCUT2D eigenvalue weighted by molar-refractivity contribution is 5.88. The number of ketones is 1. The molecule has 0 radical (unpaired) electrons. The number of piperidine rings is 1. The number of halogens is 5. The first-order valence-electron chi connectivity index (χ1n) is 5.58. The number of nitrogens with zero attached hydrogens (tertiary/aromatic N) is 1. The van der Waals surface area contributed by atoms with E-state index in [2.05, 4.69) is 0 Å². The number of alkyl halides is 5. The Morgan fingerprint density at radius 2 is 1.56 bits per heavy atom. The van der Waals surface area contributed by atoms with Crippen molar-refractivity contribution in [3.63, 3.8) is 0 Å². The molecule has 1 saturated heterocycles. The van der Waals surface area contributed by atoms with Crippen LogP contribution in [0.3, 0.4) is 0 Å². The Labute approximate surface area is 101 Å². The normalized spacial score (nSPS) is 19.0. The summed E-state index contributed by atoms with van der Waals surface area (Å²) in [5, 5.41) is 0. The van der Waals surface area contributed by atoms with Crippen LogP contribution in [0, 0.1) is 0 Å². The third kappa shape index (κ3) is 3.20. The average Bonchev–Trinajstić information content (AvgIpc) is 2.25. The van der Waals surface area contributed by atoms with Crippen LogP contribution in [0.15, 0.2) is 11.8 Å². The Kier molecular flexibility index (Phi) is 4.34. The van der Waals surface area contributed by atoms with Crippen molar-refractivity contribution >= 4 is 5.78 Å². The summed E-state index contributed by atoms with van der Waals surface area (Å²) >= 11 is 0. The van der Waals surface area contributed by atoms with Crippen molar-refractivity contribution in [2.24, 2.45) is 0 Å². The molecule has 1 aliphatic rings. The van der Waals surface area contributed by atoms with Gasteiger partial charge in [-0.15, -0.1) is 0 Å². The zero-order valence-electron chi connectivity index (χ0n) is 9.86. The van der Waals surface area contributed by atoms with E-state index >= 15 is 0 Å². The van der Waals surface area contributed by atoms with E-state index in [4.69, 9.17) is 0 Å². The molecule has 0 aromatic rings. The fourth-order valence-electron chi connectivity index (χ4n) is 1.85. The number of hydrogen-bond acceptors (Lipinski definition) is 2. The SMILES string of the molecule is CC(=O)/C=C(/N1CCCCC1)C(F)(F)C(F)(F)F. The van der Waals surface area contributed by atoms with Crippen molar-refractivity contribution in [2.45, 2.75) is 38.3 Å². The maximum absolute atomic E-state index is 13.4. The van der Waals surface area contributed by atoms with E-state index in [1.54, 1.807) is 0 Å². The molecule has 0 spiro atoms. The van der Waals surface area contributed by atoms with E-state index in [1.165, 1.54) is 0 Å². The summed E-state index contributed by atoms with van der Waals surface area (Å²) in [7, 11) is 0. The highest BCUT2D eigenvalue weighted by Gasteiger charge is 2.61. The summed E-state index contributed by atoms with van der Waals surface area (Å²) in [4.78, 5) is 11.8. The minimum absolute atomic E-state index is 0.116. The van der Waals surface area contributed by atoms with Gasteiger partial charge in [-0.1, -0.05) is 0 Å². The van der Waals surface area contributed by atoms with Crippen LogP contribution in [0.1, 0.15) is 26.2 Å². The predicted molar refractivity (Wildman–Crippen MR) is 55.2 cm³/mol. The Hall–Kier alpha value is -1.14. The Morgan fingerprint density at radius 1 is 1.06 bits per heavy atom. The predicted octanol–water partition coefficient (Wildman–Crippen LogP) is 3.14. The van der Waals surface area contributed by atoms with Gasteiger partial charge in [0.2, 0.25) is 0 Å². The molecule has 0 bridgehead atoms. The highest BCUT2D eigenvalue weighted by atomic mass is 19.4. The van der Waals surface area contributed by atoms with Crippen LogP contribution in [0.25, 0.3) is 0 Å². The Bertz CT molecular complexity index is 342. The average molecular weight is 271 g/mol. The Balaban J connectivity index is 3.09. The molecule has 104 valence electrons. The first-order valence-corrected chi connectivity index (χ1v) is 5.58. The second-order valence-electron chi connectivity index (χ2n) is 4.26. The molecular weight excluding hydrogens is 257 g/mol. The zero-order valence-corrected chi connectivity index (χ0v) is 9.86. The van der Waals surface area contributed by atoms with Crippen molar-refractivity contribution in [2.75, 3.05) is 13.1 Å². The van der Waals surface area contributed by atoms with Gasteiger partial charge in [0, 0.05) is 19.2 Å². The van der Waals surface area contributed by atoms with E-state index in [9.17, 15) is 26.7 Å². The molecule has 18 heavy (non-hydrogen) atoms. The van der Waals surface area contributed by atoms with Crippen LogP contribution in [0.4, 0.5) is 22.0 Å². The molecule has 0 amide bonds. The van der Waals surface area contributed by atoms with E-state index < -0.39 is 23.6 Å². The molecule has 0 aromatic heterocycles. The van der Waals surface area contributed by atoms with Gasteiger partial charge in [0.05, 0.1) is 5.70 Å². The lowest BCUT2D eigenvalue weighted by Crippen LogP contribution is -2.46. The van der Waals surface area contributed by atoms with Crippen LogP contribution in [0.5, 0.6) is 0 Å². The lowest BCUT2D eigenvalue weighted by molar-refractivity contribution is -0.271. The quantitative estimate of drug-likeness (QED) is 0.580. The zero-order chi connectivity index (χ0) is 14.0. The molecule has 0 N–H and O–H groups in total.